The molecule has 2 N–H and O–H groups in total. The van der Waals surface area contributed by atoms with Crippen LogP contribution in [-0.4, -0.2) is 17.7 Å². The Morgan fingerprint density at radius 1 is 1.86 bits per heavy atom. The molecule has 0 aromatic rings. The van der Waals surface area contributed by atoms with Crippen molar-refractivity contribution in [3.05, 3.63) is 0 Å². The highest BCUT2D eigenvalue weighted by molar-refractivity contribution is 5.75. The Labute approximate surface area is 40.8 Å². The molecule has 0 unspecified atom stereocenters. The van der Waals surface area contributed by atoms with E-state index in [1.54, 1.807) is 0 Å². The quantitative estimate of drug-likeness (QED) is 0.316. The van der Waals surface area contributed by atoms with Gasteiger partial charge in [-0.05, 0) is 0 Å². The first-order valence-corrected chi connectivity index (χ1v) is 2.01. The predicted molar refractivity (Wildman–Crippen MR) is 21.6 cm³/mol. The zero-order valence-corrected chi connectivity index (χ0v) is 3.76. The minimum atomic E-state index is -0.153. The molecular formula is C3H6N2O2. The van der Waals surface area contributed by atoms with Crippen molar-refractivity contribution in [2.45, 2.75) is 6.42 Å². The number of carbonyl (C=O) groups is 1. The Kier molecular flexibility index (Phi) is 0.958. The van der Waals surface area contributed by atoms with Gasteiger partial charge in [0.2, 0.25) is 0 Å². The molecule has 0 atom stereocenters. The lowest BCUT2D eigenvalue weighted by atomic mass is 10.5. The highest BCUT2D eigenvalue weighted by Crippen LogP contribution is 1.98. The average Bonchev–Trinajstić information content (AvgIpc) is 1.91. The van der Waals surface area contributed by atoms with E-state index in [0.29, 0.717) is 13.0 Å². The largest absolute Gasteiger partial charge is 0.271 e. The zero-order chi connectivity index (χ0) is 5.28. The molecule has 0 bridgehead atoms. The lowest BCUT2D eigenvalue weighted by Crippen LogP contribution is -2.30. The van der Waals surface area contributed by atoms with Gasteiger partial charge in [0.1, 0.15) is 0 Å². The van der Waals surface area contributed by atoms with E-state index in [1.165, 1.54) is 0 Å². The maximum absolute atomic E-state index is 10.2. The highest BCUT2D eigenvalue weighted by atomic mass is 16.7. The second kappa shape index (κ2) is 1.48. The molecule has 1 rings (SSSR count). The van der Waals surface area contributed by atoms with E-state index in [9.17, 15) is 4.79 Å². The first kappa shape index (κ1) is 4.55. The van der Waals surface area contributed by atoms with Crippen molar-refractivity contribution in [1.82, 2.24) is 5.17 Å². The summed E-state index contributed by atoms with van der Waals surface area (Å²) >= 11 is 0. The van der Waals surface area contributed by atoms with E-state index in [2.05, 4.69) is 4.84 Å². The van der Waals surface area contributed by atoms with Gasteiger partial charge >= 0.3 is 0 Å². The highest BCUT2D eigenvalue weighted by Gasteiger charge is 2.16. The van der Waals surface area contributed by atoms with Crippen molar-refractivity contribution in [3.63, 3.8) is 0 Å². The molecule has 0 aliphatic carbocycles. The summed E-state index contributed by atoms with van der Waals surface area (Å²) in [6.45, 7) is 0.426. The molecule has 0 spiro atoms. The van der Waals surface area contributed by atoms with Crippen LogP contribution in [-0.2, 0) is 9.63 Å². The zero-order valence-electron chi connectivity index (χ0n) is 3.76. The topological polar surface area (TPSA) is 55.6 Å². The van der Waals surface area contributed by atoms with Gasteiger partial charge in [-0.2, -0.15) is 5.17 Å². The van der Waals surface area contributed by atoms with Crippen molar-refractivity contribution in [1.29, 1.82) is 0 Å². The summed E-state index contributed by atoms with van der Waals surface area (Å²) in [7, 11) is 0. The number of hydroxylamine groups is 1. The summed E-state index contributed by atoms with van der Waals surface area (Å²) in [4.78, 5) is 14.8. The fraction of sp³-hybridized carbons (Fsp3) is 0.667. The number of hydrogen-bond acceptors (Lipinski definition) is 3. The minimum Gasteiger partial charge on any atom is -0.271 e. The van der Waals surface area contributed by atoms with E-state index >= 15 is 0 Å². The lowest BCUT2D eigenvalue weighted by Gasteiger charge is -2.01. The van der Waals surface area contributed by atoms with Crippen LogP contribution in [0.2, 0.25) is 0 Å². The molecule has 1 fully saturated rings. The van der Waals surface area contributed by atoms with Crippen LogP contribution in [0.25, 0.3) is 0 Å². The van der Waals surface area contributed by atoms with Crippen LogP contribution in [0.15, 0.2) is 0 Å². The lowest BCUT2D eigenvalue weighted by molar-refractivity contribution is -0.162. The SMILES string of the molecule is NN1OCCC1=O. The summed E-state index contributed by atoms with van der Waals surface area (Å²) in [5, 5.41) is 0.764. The number of hydrogen-bond donors (Lipinski definition) is 1. The third kappa shape index (κ3) is 0.703. The third-order valence-electron chi connectivity index (χ3n) is 0.792. The van der Waals surface area contributed by atoms with E-state index in [4.69, 9.17) is 5.84 Å². The van der Waals surface area contributed by atoms with Gasteiger partial charge in [0.05, 0.1) is 13.0 Å². The monoisotopic (exact) mass is 102 g/mol. The van der Waals surface area contributed by atoms with E-state index < -0.39 is 0 Å². The molecule has 1 aliphatic rings. The Morgan fingerprint density at radius 2 is 2.57 bits per heavy atom. The van der Waals surface area contributed by atoms with Gasteiger partial charge in [0, 0.05) is 0 Å². The Bertz CT molecular complexity index is 92.9. The fourth-order valence-corrected chi connectivity index (χ4v) is 0.413. The van der Waals surface area contributed by atoms with E-state index in [-0.39, 0.29) is 5.91 Å². The molecule has 0 aromatic carbocycles. The molecule has 1 aliphatic heterocycles. The van der Waals surface area contributed by atoms with Gasteiger partial charge in [-0.1, -0.05) is 0 Å². The molecule has 0 aromatic heterocycles. The fourth-order valence-electron chi connectivity index (χ4n) is 0.413. The maximum Gasteiger partial charge on any atom is 0.263 e. The molecule has 4 nitrogen and oxygen atoms in total. The van der Waals surface area contributed by atoms with E-state index in [0.717, 1.165) is 5.17 Å². The number of hydrazine groups is 1. The summed E-state index contributed by atoms with van der Waals surface area (Å²) in [6, 6.07) is 0. The molecule has 0 radical (unpaired) electrons. The first-order valence-electron chi connectivity index (χ1n) is 2.01. The average molecular weight is 102 g/mol. The smallest absolute Gasteiger partial charge is 0.263 e. The van der Waals surface area contributed by atoms with Crippen LogP contribution in [0.1, 0.15) is 6.42 Å². The molecular weight excluding hydrogens is 96.0 g/mol. The number of amides is 1. The number of carbonyl (C=O) groups excluding carboxylic acids is 1. The second-order valence-corrected chi connectivity index (χ2v) is 1.30. The van der Waals surface area contributed by atoms with Gasteiger partial charge in [-0.15, -0.1) is 0 Å². The summed E-state index contributed by atoms with van der Waals surface area (Å²) < 4.78 is 0. The molecule has 40 valence electrons. The van der Waals surface area contributed by atoms with Crippen LogP contribution in [0.4, 0.5) is 0 Å². The molecule has 1 heterocycles. The summed E-state index contributed by atoms with van der Waals surface area (Å²) in [5.74, 6) is 4.79. The van der Waals surface area contributed by atoms with Crippen molar-refractivity contribution < 1.29 is 9.63 Å². The summed E-state index contributed by atoms with van der Waals surface area (Å²) in [6.07, 6.45) is 0.413. The van der Waals surface area contributed by atoms with Gasteiger partial charge in [0.25, 0.3) is 5.91 Å². The third-order valence-corrected chi connectivity index (χ3v) is 0.792. The molecule has 1 amide bonds. The summed E-state index contributed by atoms with van der Waals surface area (Å²) in [5.41, 5.74) is 0. The first-order chi connectivity index (χ1) is 3.30. The van der Waals surface area contributed by atoms with Crippen LogP contribution >= 0.6 is 0 Å². The second-order valence-electron chi connectivity index (χ2n) is 1.30. The molecule has 1 saturated heterocycles. The molecule has 4 heteroatoms. The molecule has 0 saturated carbocycles. The maximum atomic E-state index is 10.2. The van der Waals surface area contributed by atoms with Crippen LogP contribution in [0.5, 0.6) is 0 Å². The van der Waals surface area contributed by atoms with Crippen LogP contribution in [0.3, 0.4) is 0 Å². The Hall–Kier alpha value is -0.610. The van der Waals surface area contributed by atoms with Crippen LogP contribution in [0, 0.1) is 0 Å². The van der Waals surface area contributed by atoms with Gasteiger partial charge in [-0.25, -0.2) is 5.84 Å². The van der Waals surface area contributed by atoms with E-state index in [1.807, 2.05) is 0 Å². The van der Waals surface area contributed by atoms with Gasteiger partial charge in [0.15, 0.2) is 0 Å². The van der Waals surface area contributed by atoms with Gasteiger partial charge < -0.3 is 0 Å². The number of nitrogens with two attached hydrogens (primary N) is 1. The standard InChI is InChI=1S/C3H6N2O2/c4-5-3(6)1-2-7-5/h1-2,4H2. The van der Waals surface area contributed by atoms with Crippen molar-refractivity contribution in [2.24, 2.45) is 5.84 Å². The molecule has 7 heavy (non-hydrogen) atoms. The van der Waals surface area contributed by atoms with Crippen molar-refractivity contribution >= 4 is 5.91 Å². The number of nitrogens with zero attached hydrogens (tertiary/aromatic N) is 1. The number of rotatable bonds is 0. The minimum absolute atomic E-state index is 0.153. The Balaban J connectivity index is 2.48. The van der Waals surface area contributed by atoms with Gasteiger partial charge in [-0.3, -0.25) is 9.63 Å². The predicted octanol–water partition coefficient (Wildman–Crippen LogP) is -0.976. The normalized spacial score (nSPS) is 21.3. The van der Waals surface area contributed by atoms with Crippen molar-refractivity contribution in [3.8, 4) is 0 Å². The Morgan fingerprint density at radius 3 is 2.71 bits per heavy atom. The van der Waals surface area contributed by atoms with Crippen molar-refractivity contribution in [2.75, 3.05) is 6.61 Å². The van der Waals surface area contributed by atoms with Crippen LogP contribution < -0.4 is 5.84 Å².